The lowest BCUT2D eigenvalue weighted by atomic mass is 10.0. The van der Waals surface area contributed by atoms with Crippen LogP contribution in [0.4, 0.5) is 5.69 Å². The third-order valence-electron chi connectivity index (χ3n) is 4.72. The zero-order chi connectivity index (χ0) is 19.4. The van der Waals surface area contributed by atoms with Gasteiger partial charge in [-0.15, -0.1) is 0 Å². The van der Waals surface area contributed by atoms with Crippen LogP contribution in [0.15, 0.2) is 36.7 Å². The highest BCUT2D eigenvalue weighted by atomic mass is 16.6. The molecule has 1 aromatic heterocycles. The van der Waals surface area contributed by atoms with Gasteiger partial charge in [-0.3, -0.25) is 19.8 Å². The summed E-state index contributed by atoms with van der Waals surface area (Å²) in [6.45, 7) is 7.81. The van der Waals surface area contributed by atoms with Gasteiger partial charge in [-0.2, -0.15) is 5.10 Å². The lowest BCUT2D eigenvalue weighted by molar-refractivity contribution is -0.384. The Bertz CT molecular complexity index is 809. The Labute approximate surface area is 157 Å². The fourth-order valence-electron chi connectivity index (χ4n) is 2.99. The van der Waals surface area contributed by atoms with Gasteiger partial charge in [0, 0.05) is 43.5 Å². The van der Waals surface area contributed by atoms with Crippen LogP contribution >= 0.6 is 0 Å². The summed E-state index contributed by atoms with van der Waals surface area (Å²) in [4.78, 5) is 25.0. The molecule has 1 aromatic carbocycles. The van der Waals surface area contributed by atoms with Crippen molar-refractivity contribution in [2.45, 2.75) is 19.4 Å². The zero-order valence-corrected chi connectivity index (χ0v) is 15.4. The largest absolute Gasteiger partial charge is 0.379 e. The number of ether oxygens (including phenoxy) is 1. The number of aromatic nitrogens is 2. The molecule has 1 N–H and O–H groups in total. The average molecular weight is 373 g/mol. The molecule has 1 aliphatic heterocycles. The van der Waals surface area contributed by atoms with E-state index in [4.69, 9.17) is 4.74 Å². The molecule has 1 aliphatic rings. The lowest BCUT2D eigenvalue weighted by Gasteiger charge is -2.40. The molecule has 27 heavy (non-hydrogen) atoms. The van der Waals surface area contributed by atoms with Gasteiger partial charge in [-0.1, -0.05) is 0 Å². The lowest BCUT2D eigenvalue weighted by Crippen LogP contribution is -2.55. The van der Waals surface area contributed by atoms with Crippen molar-refractivity contribution in [1.29, 1.82) is 0 Å². The second-order valence-corrected chi connectivity index (χ2v) is 7.04. The highest BCUT2D eigenvalue weighted by Crippen LogP contribution is 2.17. The van der Waals surface area contributed by atoms with E-state index in [0.29, 0.717) is 31.0 Å². The van der Waals surface area contributed by atoms with Crippen LogP contribution in [0, 0.1) is 10.1 Å². The first-order valence-corrected chi connectivity index (χ1v) is 8.77. The maximum Gasteiger partial charge on any atom is 0.269 e. The number of nitro groups is 1. The number of nitrogens with zero attached hydrogens (tertiary/aromatic N) is 4. The Morgan fingerprint density at radius 2 is 1.96 bits per heavy atom. The molecule has 9 heteroatoms. The molecule has 0 unspecified atom stereocenters. The number of non-ortho nitro benzene ring substituents is 1. The number of rotatable bonds is 6. The van der Waals surface area contributed by atoms with Crippen molar-refractivity contribution in [3.8, 4) is 5.69 Å². The van der Waals surface area contributed by atoms with Crippen molar-refractivity contribution in [2.24, 2.45) is 0 Å². The average Bonchev–Trinajstić information content (AvgIpc) is 3.17. The first kappa shape index (κ1) is 19.0. The van der Waals surface area contributed by atoms with E-state index in [2.05, 4.69) is 29.2 Å². The molecule has 144 valence electrons. The number of morpholine rings is 1. The summed E-state index contributed by atoms with van der Waals surface area (Å²) in [7, 11) is 0. The van der Waals surface area contributed by atoms with Crippen molar-refractivity contribution in [3.63, 3.8) is 0 Å². The molecule has 2 aromatic rings. The third kappa shape index (κ3) is 4.50. The van der Waals surface area contributed by atoms with Crippen LogP contribution in [-0.4, -0.2) is 63.9 Å². The summed E-state index contributed by atoms with van der Waals surface area (Å²) in [6, 6.07) is 5.99. The number of nitrogens with one attached hydrogen (secondary N) is 1. The Morgan fingerprint density at radius 1 is 1.30 bits per heavy atom. The van der Waals surface area contributed by atoms with Gasteiger partial charge in [0.1, 0.15) is 0 Å². The SMILES string of the molecule is CC(C)(CNC(=O)c1cnn(-c2ccc([N+](=O)[O-])cc2)c1)N1CCOCC1. The van der Waals surface area contributed by atoms with Crippen LogP contribution in [0.25, 0.3) is 5.69 Å². The van der Waals surface area contributed by atoms with E-state index in [1.165, 1.54) is 23.0 Å². The van der Waals surface area contributed by atoms with Crippen LogP contribution < -0.4 is 5.32 Å². The van der Waals surface area contributed by atoms with Gasteiger partial charge < -0.3 is 10.1 Å². The molecule has 0 atom stereocenters. The van der Waals surface area contributed by atoms with E-state index in [1.807, 2.05) is 0 Å². The smallest absolute Gasteiger partial charge is 0.269 e. The number of amides is 1. The Hall–Kier alpha value is -2.78. The van der Waals surface area contributed by atoms with Gasteiger partial charge >= 0.3 is 0 Å². The molecule has 0 spiro atoms. The monoisotopic (exact) mass is 373 g/mol. The molecule has 1 amide bonds. The number of nitro benzene ring substituents is 1. The van der Waals surface area contributed by atoms with E-state index in [1.54, 1.807) is 18.3 Å². The van der Waals surface area contributed by atoms with Crippen molar-refractivity contribution in [1.82, 2.24) is 20.0 Å². The molecule has 3 rings (SSSR count). The summed E-state index contributed by atoms with van der Waals surface area (Å²) >= 11 is 0. The Morgan fingerprint density at radius 3 is 2.59 bits per heavy atom. The van der Waals surface area contributed by atoms with Gasteiger partial charge in [0.15, 0.2) is 0 Å². The Balaban J connectivity index is 1.62. The van der Waals surface area contributed by atoms with Gasteiger partial charge in [0.25, 0.3) is 11.6 Å². The first-order valence-electron chi connectivity index (χ1n) is 8.77. The van der Waals surface area contributed by atoms with Crippen LogP contribution in [0.5, 0.6) is 0 Å². The summed E-state index contributed by atoms with van der Waals surface area (Å²) in [6.07, 6.45) is 3.09. The molecule has 0 aliphatic carbocycles. The number of hydrogen-bond acceptors (Lipinski definition) is 6. The molecule has 0 radical (unpaired) electrons. The van der Waals surface area contributed by atoms with Crippen molar-refractivity contribution >= 4 is 11.6 Å². The van der Waals surface area contributed by atoms with Crippen LogP contribution in [0.3, 0.4) is 0 Å². The minimum Gasteiger partial charge on any atom is -0.379 e. The third-order valence-corrected chi connectivity index (χ3v) is 4.72. The summed E-state index contributed by atoms with van der Waals surface area (Å²) in [5.74, 6) is -0.204. The zero-order valence-electron chi connectivity index (χ0n) is 15.4. The standard InChI is InChI=1S/C18H23N5O4/c1-18(2,21-7-9-27-10-8-21)13-19-17(24)14-11-20-22(12-14)15-3-5-16(6-4-15)23(25)26/h3-6,11-12H,7-10,13H2,1-2H3,(H,19,24). The first-order chi connectivity index (χ1) is 12.9. The fraction of sp³-hybridized carbons (Fsp3) is 0.444. The quantitative estimate of drug-likeness (QED) is 0.610. The summed E-state index contributed by atoms with van der Waals surface area (Å²) in [5, 5.41) is 17.9. The molecule has 9 nitrogen and oxygen atoms in total. The predicted octanol–water partition coefficient (Wildman–Crippen LogP) is 1.62. The fourth-order valence-corrected chi connectivity index (χ4v) is 2.99. The molecular weight excluding hydrogens is 350 g/mol. The molecule has 0 bridgehead atoms. The van der Waals surface area contributed by atoms with E-state index in [0.717, 1.165) is 13.1 Å². The second-order valence-electron chi connectivity index (χ2n) is 7.04. The minimum atomic E-state index is -0.456. The Kier molecular flexibility index (Phi) is 5.52. The maximum atomic E-state index is 12.5. The van der Waals surface area contributed by atoms with Crippen LogP contribution in [-0.2, 0) is 4.74 Å². The van der Waals surface area contributed by atoms with Crippen molar-refractivity contribution in [2.75, 3.05) is 32.8 Å². The highest BCUT2D eigenvalue weighted by molar-refractivity contribution is 5.93. The number of carbonyl (C=O) groups is 1. The number of carbonyl (C=O) groups excluding carboxylic acids is 1. The van der Waals surface area contributed by atoms with Crippen molar-refractivity contribution in [3.05, 3.63) is 52.3 Å². The molecule has 1 fully saturated rings. The maximum absolute atomic E-state index is 12.5. The van der Waals surface area contributed by atoms with E-state index >= 15 is 0 Å². The van der Waals surface area contributed by atoms with Gasteiger partial charge in [-0.25, -0.2) is 4.68 Å². The van der Waals surface area contributed by atoms with E-state index in [-0.39, 0.29) is 17.1 Å². The van der Waals surface area contributed by atoms with Gasteiger partial charge in [0.2, 0.25) is 0 Å². The highest BCUT2D eigenvalue weighted by Gasteiger charge is 2.28. The summed E-state index contributed by atoms with van der Waals surface area (Å²) < 4.78 is 6.90. The van der Waals surface area contributed by atoms with E-state index < -0.39 is 4.92 Å². The second kappa shape index (κ2) is 7.85. The number of hydrogen-bond donors (Lipinski definition) is 1. The van der Waals surface area contributed by atoms with E-state index in [9.17, 15) is 14.9 Å². The summed E-state index contributed by atoms with van der Waals surface area (Å²) in [5.41, 5.74) is 0.919. The molecule has 1 saturated heterocycles. The van der Waals surface area contributed by atoms with Crippen molar-refractivity contribution < 1.29 is 14.5 Å². The minimum absolute atomic E-state index is 0.00853. The van der Waals surface area contributed by atoms with Gasteiger partial charge in [0.05, 0.1) is 35.6 Å². The topological polar surface area (TPSA) is 103 Å². The number of benzene rings is 1. The molecule has 2 heterocycles. The van der Waals surface area contributed by atoms with Crippen LogP contribution in [0.2, 0.25) is 0 Å². The molecule has 0 saturated carbocycles. The van der Waals surface area contributed by atoms with Crippen LogP contribution in [0.1, 0.15) is 24.2 Å². The predicted molar refractivity (Wildman–Crippen MR) is 99.0 cm³/mol. The van der Waals surface area contributed by atoms with Gasteiger partial charge in [-0.05, 0) is 26.0 Å². The normalized spacial score (nSPS) is 15.5. The molecular formula is C18H23N5O4.